The van der Waals surface area contributed by atoms with Crippen molar-refractivity contribution in [2.45, 2.75) is 32.4 Å². The van der Waals surface area contributed by atoms with E-state index in [1.807, 2.05) is 32.3 Å². The number of piperazine rings is 1. The molecule has 1 aliphatic heterocycles. The van der Waals surface area contributed by atoms with Gasteiger partial charge in [-0.25, -0.2) is 9.78 Å². The minimum Gasteiger partial charge on any atom is -0.444 e. The molecule has 2 heterocycles. The number of ether oxygens (including phenoxy) is 1. The first-order chi connectivity index (χ1) is 10.9. The molecule has 1 unspecified atom stereocenters. The number of nitrogens with zero attached hydrogens (tertiary/aromatic N) is 3. The minimum atomic E-state index is -0.484. The number of carbonyl (C=O) groups is 1. The summed E-state index contributed by atoms with van der Waals surface area (Å²) in [5, 5.41) is 5.88. The lowest BCUT2D eigenvalue weighted by atomic mass is 10.2. The molecular weight excluding hydrogens is 314 g/mol. The standard InChI is InChI=1S/C15H27N5O2S/c1-15(2,3)22-14(21)18-11-12(10-16)19-5-7-20(8-6-19)13-17-4-9-23-13/h4,9,12H,5-8,10-11,16H2,1-3H3,(H,18,21). The molecule has 3 N–H and O–H groups in total. The lowest BCUT2D eigenvalue weighted by molar-refractivity contribution is 0.0507. The minimum absolute atomic E-state index is 0.126. The summed E-state index contributed by atoms with van der Waals surface area (Å²) >= 11 is 1.66. The molecule has 23 heavy (non-hydrogen) atoms. The Morgan fingerprint density at radius 2 is 2.13 bits per heavy atom. The highest BCUT2D eigenvalue weighted by Crippen LogP contribution is 2.19. The summed E-state index contributed by atoms with van der Waals surface area (Å²) in [7, 11) is 0. The van der Waals surface area contributed by atoms with Crippen LogP contribution in [-0.2, 0) is 4.74 Å². The number of carbonyl (C=O) groups excluding carboxylic acids is 1. The molecule has 1 aromatic heterocycles. The Morgan fingerprint density at radius 3 is 2.65 bits per heavy atom. The molecule has 1 saturated heterocycles. The van der Waals surface area contributed by atoms with Gasteiger partial charge in [-0.3, -0.25) is 4.90 Å². The van der Waals surface area contributed by atoms with Crippen molar-refractivity contribution in [3.63, 3.8) is 0 Å². The number of rotatable bonds is 5. The fourth-order valence-corrected chi connectivity index (χ4v) is 3.22. The second kappa shape index (κ2) is 7.94. The second-order valence-corrected chi connectivity index (χ2v) is 7.48. The third-order valence-electron chi connectivity index (χ3n) is 3.67. The van der Waals surface area contributed by atoms with Gasteiger partial charge in [0, 0.05) is 56.9 Å². The molecule has 1 amide bonds. The Kier molecular flexibility index (Phi) is 6.20. The van der Waals surface area contributed by atoms with Gasteiger partial charge in [-0.15, -0.1) is 11.3 Å². The van der Waals surface area contributed by atoms with Crippen LogP contribution in [0.25, 0.3) is 0 Å². The summed E-state index contributed by atoms with van der Waals surface area (Å²) < 4.78 is 5.26. The molecule has 1 fully saturated rings. The normalized spacial score (nSPS) is 17.8. The Labute approximate surface area is 141 Å². The van der Waals surface area contributed by atoms with Gasteiger partial charge in [0.2, 0.25) is 0 Å². The molecule has 0 aromatic carbocycles. The van der Waals surface area contributed by atoms with Gasteiger partial charge in [0.25, 0.3) is 0 Å². The van der Waals surface area contributed by atoms with Crippen LogP contribution < -0.4 is 16.0 Å². The van der Waals surface area contributed by atoms with E-state index in [-0.39, 0.29) is 6.04 Å². The molecule has 1 aromatic rings. The quantitative estimate of drug-likeness (QED) is 0.835. The molecule has 0 radical (unpaired) electrons. The van der Waals surface area contributed by atoms with Crippen LogP contribution in [0, 0.1) is 0 Å². The lowest BCUT2D eigenvalue weighted by Crippen LogP contribution is -2.55. The zero-order valence-electron chi connectivity index (χ0n) is 14.1. The Morgan fingerprint density at radius 1 is 1.43 bits per heavy atom. The highest BCUT2D eigenvalue weighted by molar-refractivity contribution is 7.13. The first-order valence-electron chi connectivity index (χ1n) is 7.94. The van der Waals surface area contributed by atoms with Crippen LogP contribution in [0.2, 0.25) is 0 Å². The predicted octanol–water partition coefficient (Wildman–Crippen LogP) is 1.12. The molecule has 0 bridgehead atoms. The van der Waals surface area contributed by atoms with Crippen LogP contribution in [0.4, 0.5) is 9.93 Å². The Hall–Kier alpha value is -1.38. The number of nitrogens with two attached hydrogens (primary N) is 1. The van der Waals surface area contributed by atoms with E-state index >= 15 is 0 Å². The zero-order valence-corrected chi connectivity index (χ0v) is 14.9. The molecule has 1 aliphatic rings. The molecule has 1 atom stereocenters. The first-order valence-corrected chi connectivity index (χ1v) is 8.82. The van der Waals surface area contributed by atoms with Crippen molar-refractivity contribution in [2.75, 3.05) is 44.2 Å². The third-order valence-corrected chi connectivity index (χ3v) is 4.51. The van der Waals surface area contributed by atoms with E-state index in [0.717, 1.165) is 31.3 Å². The van der Waals surface area contributed by atoms with Crippen molar-refractivity contribution in [1.29, 1.82) is 0 Å². The summed E-state index contributed by atoms with van der Waals surface area (Å²) in [5.74, 6) is 0. The summed E-state index contributed by atoms with van der Waals surface area (Å²) in [6, 6.07) is 0.126. The number of anilines is 1. The topological polar surface area (TPSA) is 83.7 Å². The molecule has 8 heteroatoms. The van der Waals surface area contributed by atoms with Gasteiger partial charge in [0.05, 0.1) is 0 Å². The summed E-state index contributed by atoms with van der Waals surface area (Å²) in [6.07, 6.45) is 1.44. The monoisotopic (exact) mass is 341 g/mol. The molecule has 0 saturated carbocycles. The fourth-order valence-electron chi connectivity index (χ4n) is 2.53. The zero-order chi connectivity index (χ0) is 16.9. The second-order valence-electron chi connectivity index (χ2n) is 6.61. The maximum atomic E-state index is 11.8. The number of thiazole rings is 1. The van der Waals surface area contributed by atoms with Crippen LogP contribution in [0.15, 0.2) is 11.6 Å². The van der Waals surface area contributed by atoms with E-state index in [1.165, 1.54) is 0 Å². The molecule has 130 valence electrons. The first kappa shape index (κ1) is 18.0. The van der Waals surface area contributed by atoms with Gasteiger partial charge < -0.3 is 20.7 Å². The van der Waals surface area contributed by atoms with Crippen LogP contribution in [0.5, 0.6) is 0 Å². The average Bonchev–Trinajstić information content (AvgIpc) is 3.01. The van der Waals surface area contributed by atoms with Crippen molar-refractivity contribution >= 4 is 22.6 Å². The fraction of sp³-hybridized carbons (Fsp3) is 0.733. The van der Waals surface area contributed by atoms with Gasteiger partial charge in [-0.05, 0) is 20.8 Å². The van der Waals surface area contributed by atoms with Crippen molar-refractivity contribution in [3.8, 4) is 0 Å². The number of nitrogens with one attached hydrogen (secondary N) is 1. The SMILES string of the molecule is CC(C)(C)OC(=O)NCC(CN)N1CCN(c2nccs2)CC1. The highest BCUT2D eigenvalue weighted by atomic mass is 32.1. The molecule has 7 nitrogen and oxygen atoms in total. The van der Waals surface area contributed by atoms with E-state index in [9.17, 15) is 4.79 Å². The van der Waals surface area contributed by atoms with Crippen LogP contribution in [0.3, 0.4) is 0 Å². The van der Waals surface area contributed by atoms with E-state index in [2.05, 4.69) is 20.1 Å². The van der Waals surface area contributed by atoms with Gasteiger partial charge in [-0.2, -0.15) is 0 Å². The highest BCUT2D eigenvalue weighted by Gasteiger charge is 2.25. The van der Waals surface area contributed by atoms with Gasteiger partial charge in [0.15, 0.2) is 5.13 Å². The number of hydrogen-bond donors (Lipinski definition) is 2. The molecule has 0 spiro atoms. The van der Waals surface area contributed by atoms with Gasteiger partial charge in [0.1, 0.15) is 5.60 Å². The number of alkyl carbamates (subject to hydrolysis) is 1. The van der Waals surface area contributed by atoms with Gasteiger partial charge in [-0.1, -0.05) is 0 Å². The number of hydrogen-bond acceptors (Lipinski definition) is 7. The van der Waals surface area contributed by atoms with E-state index in [1.54, 1.807) is 11.3 Å². The smallest absolute Gasteiger partial charge is 0.407 e. The van der Waals surface area contributed by atoms with E-state index in [4.69, 9.17) is 10.5 Å². The van der Waals surface area contributed by atoms with Crippen LogP contribution in [-0.4, -0.2) is 66.9 Å². The average molecular weight is 341 g/mol. The van der Waals surface area contributed by atoms with Crippen LogP contribution in [0.1, 0.15) is 20.8 Å². The molecule has 2 rings (SSSR count). The van der Waals surface area contributed by atoms with Crippen molar-refractivity contribution in [3.05, 3.63) is 11.6 Å². The summed E-state index contributed by atoms with van der Waals surface area (Å²) in [4.78, 5) is 20.7. The van der Waals surface area contributed by atoms with E-state index in [0.29, 0.717) is 13.1 Å². The third kappa shape index (κ3) is 5.63. The maximum Gasteiger partial charge on any atom is 0.407 e. The van der Waals surface area contributed by atoms with Crippen LogP contribution >= 0.6 is 11.3 Å². The molecule has 0 aliphatic carbocycles. The Balaban J connectivity index is 1.77. The lowest BCUT2D eigenvalue weighted by Gasteiger charge is -2.38. The largest absolute Gasteiger partial charge is 0.444 e. The van der Waals surface area contributed by atoms with Crippen molar-refractivity contribution < 1.29 is 9.53 Å². The summed E-state index contributed by atoms with van der Waals surface area (Å²) in [5.41, 5.74) is 5.40. The van der Waals surface area contributed by atoms with Gasteiger partial charge >= 0.3 is 6.09 Å². The van der Waals surface area contributed by atoms with E-state index < -0.39 is 11.7 Å². The maximum absolute atomic E-state index is 11.8. The molecular formula is C15H27N5O2S. The predicted molar refractivity (Wildman–Crippen MR) is 93.0 cm³/mol. The van der Waals surface area contributed by atoms with Crippen molar-refractivity contribution in [2.24, 2.45) is 5.73 Å². The Bertz CT molecular complexity index is 481. The number of amides is 1. The van der Waals surface area contributed by atoms with Crippen molar-refractivity contribution in [1.82, 2.24) is 15.2 Å². The number of aromatic nitrogens is 1. The summed E-state index contributed by atoms with van der Waals surface area (Å²) in [6.45, 7) is 10.2.